The van der Waals surface area contributed by atoms with Crippen LogP contribution in [0.15, 0.2) is 9.95 Å². The molecule has 3 N–H and O–H groups in total. The number of imide groups is 1. The standard InChI is InChI=1S/C12H19N5O3S/c1-2-3-6-13-10(19)14-9(18)7-21-12-16-15-11(20)17(12)8-4-5-8/h8H,2-7H2,1H3,(H,15,20)(H2,13,14,18,19). The van der Waals surface area contributed by atoms with Crippen LogP contribution in [-0.2, 0) is 4.79 Å². The molecule has 1 aromatic heterocycles. The molecule has 3 amide bonds. The molecule has 116 valence electrons. The van der Waals surface area contributed by atoms with Gasteiger partial charge in [-0.2, -0.15) is 0 Å². The highest BCUT2D eigenvalue weighted by Crippen LogP contribution is 2.35. The van der Waals surface area contributed by atoms with Crippen LogP contribution in [-0.4, -0.2) is 39.0 Å². The molecule has 0 atom stereocenters. The topological polar surface area (TPSA) is 109 Å². The Balaban J connectivity index is 1.76. The summed E-state index contributed by atoms with van der Waals surface area (Å²) in [5, 5.41) is 11.6. The number of H-pyrrole nitrogens is 1. The van der Waals surface area contributed by atoms with Gasteiger partial charge < -0.3 is 5.32 Å². The van der Waals surface area contributed by atoms with Crippen molar-refractivity contribution in [2.24, 2.45) is 0 Å². The minimum atomic E-state index is -0.490. The van der Waals surface area contributed by atoms with Crippen LogP contribution in [0.4, 0.5) is 4.79 Å². The number of thioether (sulfide) groups is 1. The Hall–Kier alpha value is -1.77. The SMILES string of the molecule is CCCCNC(=O)NC(=O)CSc1n[nH]c(=O)n1C1CC1. The molecular weight excluding hydrogens is 294 g/mol. The molecule has 0 unspecified atom stereocenters. The maximum Gasteiger partial charge on any atom is 0.344 e. The van der Waals surface area contributed by atoms with Gasteiger partial charge in [-0.05, 0) is 19.3 Å². The molecule has 1 saturated carbocycles. The van der Waals surface area contributed by atoms with Gasteiger partial charge in [0, 0.05) is 12.6 Å². The summed E-state index contributed by atoms with van der Waals surface area (Å²) >= 11 is 1.14. The van der Waals surface area contributed by atoms with Gasteiger partial charge >= 0.3 is 11.7 Å². The average molecular weight is 313 g/mol. The molecule has 8 nitrogen and oxygen atoms in total. The van der Waals surface area contributed by atoms with E-state index in [4.69, 9.17) is 0 Å². The number of carbonyl (C=O) groups excluding carboxylic acids is 2. The molecule has 0 bridgehead atoms. The summed E-state index contributed by atoms with van der Waals surface area (Å²) < 4.78 is 1.57. The van der Waals surface area contributed by atoms with Crippen molar-refractivity contribution in [3.8, 4) is 0 Å². The van der Waals surface area contributed by atoms with E-state index < -0.39 is 11.9 Å². The van der Waals surface area contributed by atoms with Crippen molar-refractivity contribution in [2.75, 3.05) is 12.3 Å². The average Bonchev–Trinajstić information content (AvgIpc) is 3.20. The Bertz CT molecular complexity index is 563. The number of urea groups is 1. The highest BCUT2D eigenvalue weighted by molar-refractivity contribution is 7.99. The molecule has 1 fully saturated rings. The van der Waals surface area contributed by atoms with E-state index in [-0.39, 0.29) is 17.5 Å². The van der Waals surface area contributed by atoms with Gasteiger partial charge in [-0.25, -0.2) is 14.7 Å². The van der Waals surface area contributed by atoms with E-state index in [0.717, 1.165) is 37.4 Å². The van der Waals surface area contributed by atoms with Crippen LogP contribution in [0.3, 0.4) is 0 Å². The van der Waals surface area contributed by atoms with Gasteiger partial charge in [0.1, 0.15) is 0 Å². The van der Waals surface area contributed by atoms with E-state index in [2.05, 4.69) is 20.8 Å². The third-order valence-electron chi connectivity index (χ3n) is 2.99. The second-order valence-electron chi connectivity index (χ2n) is 4.86. The van der Waals surface area contributed by atoms with E-state index in [1.165, 1.54) is 0 Å². The van der Waals surface area contributed by atoms with Gasteiger partial charge in [0.2, 0.25) is 5.91 Å². The highest BCUT2D eigenvalue weighted by atomic mass is 32.2. The zero-order valence-corrected chi connectivity index (χ0v) is 12.7. The first-order valence-electron chi connectivity index (χ1n) is 6.99. The van der Waals surface area contributed by atoms with Crippen LogP contribution in [0.25, 0.3) is 0 Å². The lowest BCUT2D eigenvalue weighted by molar-refractivity contribution is -0.117. The Morgan fingerprint density at radius 2 is 2.24 bits per heavy atom. The molecule has 1 aliphatic carbocycles. The molecule has 1 aliphatic rings. The first-order chi connectivity index (χ1) is 10.1. The van der Waals surface area contributed by atoms with Crippen molar-refractivity contribution in [1.29, 1.82) is 0 Å². The fourth-order valence-corrected chi connectivity index (χ4v) is 2.58. The van der Waals surface area contributed by atoms with Crippen LogP contribution < -0.4 is 16.3 Å². The molecule has 0 saturated heterocycles. The summed E-state index contributed by atoms with van der Waals surface area (Å²) in [5.41, 5.74) is -0.252. The van der Waals surface area contributed by atoms with E-state index >= 15 is 0 Å². The molecule has 21 heavy (non-hydrogen) atoms. The fourth-order valence-electron chi connectivity index (χ4n) is 1.76. The van der Waals surface area contributed by atoms with Crippen LogP contribution in [0, 0.1) is 0 Å². The molecule has 1 aromatic rings. The number of nitrogens with zero attached hydrogens (tertiary/aromatic N) is 2. The maximum absolute atomic E-state index is 11.6. The molecule has 0 spiro atoms. The number of unbranched alkanes of at least 4 members (excludes halogenated alkanes) is 1. The Kier molecular flexibility index (Phi) is 5.43. The third-order valence-corrected chi connectivity index (χ3v) is 3.94. The molecular formula is C12H19N5O3S. The maximum atomic E-state index is 11.6. The van der Waals surface area contributed by atoms with Gasteiger partial charge in [-0.1, -0.05) is 25.1 Å². The van der Waals surface area contributed by atoms with Crippen LogP contribution in [0.1, 0.15) is 38.6 Å². The summed E-state index contributed by atoms with van der Waals surface area (Å²) in [5.74, 6) is -0.370. The van der Waals surface area contributed by atoms with Crippen molar-refractivity contribution in [1.82, 2.24) is 25.4 Å². The minimum Gasteiger partial charge on any atom is -0.338 e. The van der Waals surface area contributed by atoms with Crippen LogP contribution in [0.2, 0.25) is 0 Å². The summed E-state index contributed by atoms with van der Waals surface area (Å²) in [4.78, 5) is 34.6. The second-order valence-corrected chi connectivity index (χ2v) is 5.80. The largest absolute Gasteiger partial charge is 0.344 e. The Morgan fingerprint density at radius 1 is 1.48 bits per heavy atom. The van der Waals surface area contributed by atoms with Crippen molar-refractivity contribution < 1.29 is 9.59 Å². The third kappa shape index (κ3) is 4.62. The zero-order valence-electron chi connectivity index (χ0n) is 11.8. The number of amides is 3. The first-order valence-corrected chi connectivity index (χ1v) is 7.97. The number of carbonyl (C=O) groups is 2. The summed E-state index contributed by atoms with van der Waals surface area (Å²) in [6.07, 6.45) is 3.76. The normalized spacial score (nSPS) is 14.0. The molecule has 0 aromatic carbocycles. The van der Waals surface area contributed by atoms with Crippen molar-refractivity contribution in [2.45, 2.75) is 43.8 Å². The lowest BCUT2D eigenvalue weighted by Gasteiger charge is -2.06. The lowest BCUT2D eigenvalue weighted by atomic mass is 10.3. The predicted octanol–water partition coefficient (Wildman–Crippen LogP) is 0.624. The molecule has 2 rings (SSSR count). The van der Waals surface area contributed by atoms with Crippen molar-refractivity contribution in [3.63, 3.8) is 0 Å². The van der Waals surface area contributed by atoms with Crippen molar-refractivity contribution >= 4 is 23.7 Å². The van der Waals surface area contributed by atoms with Gasteiger partial charge in [0.05, 0.1) is 5.75 Å². The quantitative estimate of drug-likeness (QED) is 0.505. The molecule has 9 heteroatoms. The molecule has 0 aliphatic heterocycles. The molecule has 1 heterocycles. The number of nitrogens with one attached hydrogen (secondary N) is 3. The zero-order chi connectivity index (χ0) is 15.2. The summed E-state index contributed by atoms with van der Waals surface area (Å²) in [6.45, 7) is 2.56. The van der Waals surface area contributed by atoms with Gasteiger partial charge in [-0.15, -0.1) is 5.10 Å². The van der Waals surface area contributed by atoms with Gasteiger partial charge in [0.15, 0.2) is 5.16 Å². The fraction of sp³-hybridized carbons (Fsp3) is 0.667. The second kappa shape index (κ2) is 7.30. The number of rotatable bonds is 7. The van der Waals surface area contributed by atoms with E-state index in [0.29, 0.717) is 11.7 Å². The van der Waals surface area contributed by atoms with Crippen LogP contribution in [0.5, 0.6) is 0 Å². The van der Waals surface area contributed by atoms with Gasteiger partial charge in [0.25, 0.3) is 0 Å². The van der Waals surface area contributed by atoms with E-state index in [1.807, 2.05) is 6.92 Å². The smallest absolute Gasteiger partial charge is 0.338 e. The number of hydrogen-bond donors (Lipinski definition) is 3. The number of aromatic nitrogens is 3. The monoisotopic (exact) mass is 313 g/mol. The van der Waals surface area contributed by atoms with E-state index in [1.54, 1.807) is 4.57 Å². The predicted molar refractivity (Wildman–Crippen MR) is 78.3 cm³/mol. The summed E-state index contributed by atoms with van der Waals surface area (Å²) in [7, 11) is 0. The summed E-state index contributed by atoms with van der Waals surface area (Å²) in [6, 6.07) is -0.296. The Labute approximate surface area is 126 Å². The minimum absolute atomic E-state index is 0.0399. The first kappa shape index (κ1) is 15.6. The van der Waals surface area contributed by atoms with Crippen molar-refractivity contribution in [3.05, 3.63) is 10.5 Å². The lowest BCUT2D eigenvalue weighted by Crippen LogP contribution is -2.40. The highest BCUT2D eigenvalue weighted by Gasteiger charge is 2.28. The molecule has 0 radical (unpaired) electrons. The Morgan fingerprint density at radius 3 is 2.90 bits per heavy atom. The van der Waals surface area contributed by atoms with Gasteiger partial charge in [-0.3, -0.25) is 14.7 Å². The number of aromatic amines is 1. The van der Waals surface area contributed by atoms with E-state index in [9.17, 15) is 14.4 Å². The van der Waals surface area contributed by atoms with Crippen LogP contribution >= 0.6 is 11.8 Å². The number of hydrogen-bond acceptors (Lipinski definition) is 5.